The quantitative estimate of drug-likeness (QED) is 0.366. The maximum absolute atomic E-state index is 12.3. The number of phenolic OH excluding ortho intramolecular Hbond substituents is 1. The Morgan fingerprint density at radius 1 is 1.06 bits per heavy atom. The number of allylic oxidation sites excluding steroid dienone is 1. The van der Waals surface area contributed by atoms with Crippen molar-refractivity contribution in [2.24, 2.45) is 7.05 Å². The van der Waals surface area contributed by atoms with E-state index in [4.69, 9.17) is 0 Å². The fraction of sp³-hybridized carbons (Fsp3) is 0.227. The summed E-state index contributed by atoms with van der Waals surface area (Å²) in [4.78, 5) is 14.7. The van der Waals surface area contributed by atoms with E-state index in [1.54, 1.807) is 37.6 Å². The maximum Gasteiger partial charge on any atom is 0.257 e. The van der Waals surface area contributed by atoms with Crippen LogP contribution in [0.3, 0.4) is 0 Å². The van der Waals surface area contributed by atoms with E-state index < -0.39 is 0 Å². The van der Waals surface area contributed by atoms with Gasteiger partial charge in [-0.3, -0.25) is 9.36 Å². The first-order valence-corrected chi connectivity index (χ1v) is 10.6. The standard InChI is InChI=1S/C22H24N4O4S/c1-25(2)20(28)13-6-4-7-14(19(13)27)23-17-18(22(30)26(3)21(17)29)24-16(12-9-10-12)15-8-5-11-31-15/h4-8,11,23-24,27,29-30H,9-10H2,1-3H3. The number of aromatic hydroxyl groups is 3. The van der Waals surface area contributed by atoms with Crippen molar-refractivity contribution in [3.63, 3.8) is 0 Å². The van der Waals surface area contributed by atoms with Gasteiger partial charge in [0.05, 0.1) is 21.8 Å². The highest BCUT2D eigenvalue weighted by atomic mass is 32.1. The number of carbonyl (C=O) groups is 1. The van der Waals surface area contributed by atoms with Crippen LogP contribution < -0.4 is 10.6 Å². The molecule has 0 saturated heterocycles. The Hall–Kier alpha value is -3.59. The summed E-state index contributed by atoms with van der Waals surface area (Å²) in [5.74, 6) is -0.961. The molecule has 9 heteroatoms. The number of amides is 1. The number of phenols is 1. The lowest BCUT2D eigenvalue weighted by atomic mass is 10.1. The number of para-hydroxylation sites is 1. The number of thiophene rings is 1. The molecule has 3 aromatic rings. The van der Waals surface area contributed by atoms with Crippen LogP contribution in [0.4, 0.5) is 17.1 Å². The molecule has 0 bridgehead atoms. The molecule has 1 amide bonds. The van der Waals surface area contributed by atoms with E-state index in [1.807, 2.05) is 17.5 Å². The van der Waals surface area contributed by atoms with Crippen LogP contribution in [0.15, 0.2) is 41.3 Å². The minimum Gasteiger partial charge on any atom is -0.505 e. The number of hydrogen-bond acceptors (Lipinski definition) is 7. The first-order chi connectivity index (χ1) is 14.8. The Morgan fingerprint density at radius 2 is 1.77 bits per heavy atom. The summed E-state index contributed by atoms with van der Waals surface area (Å²) in [6.45, 7) is 0. The van der Waals surface area contributed by atoms with Crippen molar-refractivity contribution in [2.45, 2.75) is 12.8 Å². The van der Waals surface area contributed by atoms with Crippen LogP contribution in [0.1, 0.15) is 28.1 Å². The van der Waals surface area contributed by atoms with Gasteiger partial charge in [0.2, 0.25) is 11.8 Å². The predicted molar refractivity (Wildman–Crippen MR) is 122 cm³/mol. The van der Waals surface area contributed by atoms with Crippen molar-refractivity contribution in [1.29, 1.82) is 0 Å². The smallest absolute Gasteiger partial charge is 0.257 e. The van der Waals surface area contributed by atoms with Gasteiger partial charge in [-0.1, -0.05) is 12.1 Å². The first kappa shape index (κ1) is 20.7. The van der Waals surface area contributed by atoms with Gasteiger partial charge in [-0.2, -0.15) is 0 Å². The van der Waals surface area contributed by atoms with E-state index in [1.165, 1.54) is 28.2 Å². The van der Waals surface area contributed by atoms with Crippen LogP contribution in [-0.4, -0.2) is 44.8 Å². The zero-order valence-corrected chi connectivity index (χ0v) is 18.2. The minimum absolute atomic E-state index is 0.128. The average molecular weight is 441 g/mol. The summed E-state index contributed by atoms with van der Waals surface area (Å²) in [6, 6.07) is 8.70. The number of nitrogens with one attached hydrogen (secondary N) is 2. The lowest BCUT2D eigenvalue weighted by Crippen LogP contribution is -2.21. The minimum atomic E-state index is -0.349. The lowest BCUT2D eigenvalue weighted by Gasteiger charge is -2.16. The molecule has 1 saturated carbocycles. The number of hydrogen-bond donors (Lipinski definition) is 5. The molecule has 0 atom stereocenters. The van der Waals surface area contributed by atoms with Gasteiger partial charge in [-0.05, 0) is 42.0 Å². The van der Waals surface area contributed by atoms with Crippen LogP contribution in [0, 0.1) is 0 Å². The average Bonchev–Trinajstić information content (AvgIpc) is 3.40. The molecule has 0 spiro atoms. The molecule has 8 nitrogen and oxygen atoms in total. The Labute approximate surface area is 183 Å². The molecule has 2 aromatic heterocycles. The van der Waals surface area contributed by atoms with Crippen LogP contribution in [0.5, 0.6) is 17.5 Å². The third-order valence-electron chi connectivity index (χ3n) is 5.14. The van der Waals surface area contributed by atoms with E-state index in [9.17, 15) is 20.1 Å². The molecule has 5 N–H and O–H groups in total. The van der Waals surface area contributed by atoms with Gasteiger partial charge in [0, 0.05) is 21.1 Å². The maximum atomic E-state index is 12.3. The van der Waals surface area contributed by atoms with Crippen LogP contribution in [0.2, 0.25) is 0 Å². The normalized spacial score (nSPS) is 12.5. The third kappa shape index (κ3) is 3.79. The Kier molecular flexibility index (Phi) is 5.28. The molecule has 1 aliphatic rings. The molecule has 0 aliphatic heterocycles. The molecular weight excluding hydrogens is 416 g/mol. The Balaban J connectivity index is 1.74. The fourth-order valence-electron chi connectivity index (χ4n) is 3.27. The van der Waals surface area contributed by atoms with Crippen molar-refractivity contribution in [1.82, 2.24) is 9.47 Å². The van der Waals surface area contributed by atoms with Gasteiger partial charge < -0.3 is 30.9 Å². The predicted octanol–water partition coefficient (Wildman–Crippen LogP) is 4.27. The molecule has 2 heterocycles. The summed E-state index contributed by atoms with van der Waals surface area (Å²) >= 11 is 1.58. The van der Waals surface area contributed by atoms with Gasteiger partial charge >= 0.3 is 0 Å². The van der Waals surface area contributed by atoms with Crippen LogP contribution >= 0.6 is 11.3 Å². The van der Waals surface area contributed by atoms with Gasteiger partial charge in [0.15, 0.2) is 5.75 Å². The lowest BCUT2D eigenvalue weighted by molar-refractivity contribution is 0.0824. The Morgan fingerprint density at radius 3 is 2.39 bits per heavy atom. The highest BCUT2D eigenvalue weighted by Crippen LogP contribution is 2.48. The molecule has 0 unspecified atom stereocenters. The second-order valence-electron chi connectivity index (χ2n) is 7.56. The molecule has 1 aromatic carbocycles. The molecular formula is C22H24N4O4S. The number of nitrogens with zero attached hydrogens (tertiary/aromatic N) is 2. The SMILES string of the molecule is CN(C)C(=O)c1cccc(Nc2c(NC(=C3CC3)c3cccs3)c(O)n(C)c2O)c1O. The second kappa shape index (κ2) is 7.92. The number of anilines is 3. The van der Waals surface area contributed by atoms with Crippen LogP contribution in [0.25, 0.3) is 5.70 Å². The highest BCUT2D eigenvalue weighted by molar-refractivity contribution is 7.11. The van der Waals surface area contributed by atoms with Crippen molar-refractivity contribution < 1.29 is 20.1 Å². The molecule has 1 fully saturated rings. The van der Waals surface area contributed by atoms with Crippen molar-refractivity contribution in [2.75, 3.05) is 24.7 Å². The summed E-state index contributed by atoms with van der Waals surface area (Å²) in [6.07, 6.45) is 1.94. The monoisotopic (exact) mass is 440 g/mol. The molecule has 162 valence electrons. The van der Waals surface area contributed by atoms with Gasteiger partial charge in [-0.25, -0.2) is 0 Å². The first-order valence-electron chi connectivity index (χ1n) is 9.73. The van der Waals surface area contributed by atoms with Crippen LogP contribution in [-0.2, 0) is 7.05 Å². The van der Waals surface area contributed by atoms with Gasteiger partial charge in [0.25, 0.3) is 5.91 Å². The van der Waals surface area contributed by atoms with E-state index in [0.717, 1.165) is 23.4 Å². The number of aromatic nitrogens is 1. The van der Waals surface area contributed by atoms with Crippen molar-refractivity contribution in [3.8, 4) is 17.5 Å². The van der Waals surface area contributed by atoms with E-state index in [2.05, 4.69) is 10.6 Å². The second-order valence-corrected chi connectivity index (χ2v) is 8.51. The van der Waals surface area contributed by atoms with Crippen molar-refractivity contribution in [3.05, 3.63) is 51.7 Å². The number of rotatable bonds is 6. The van der Waals surface area contributed by atoms with E-state index in [-0.39, 0.29) is 46.0 Å². The summed E-state index contributed by atoms with van der Waals surface area (Å²) in [7, 11) is 4.73. The molecule has 0 radical (unpaired) electrons. The topological polar surface area (TPSA) is 110 Å². The number of carbonyl (C=O) groups excluding carboxylic acids is 1. The van der Waals surface area contributed by atoms with Gasteiger partial charge in [0.1, 0.15) is 11.4 Å². The number of benzene rings is 1. The third-order valence-corrected chi connectivity index (χ3v) is 6.02. The Bertz CT molecular complexity index is 1170. The molecule has 31 heavy (non-hydrogen) atoms. The molecule has 1 aliphatic carbocycles. The van der Waals surface area contributed by atoms with E-state index >= 15 is 0 Å². The van der Waals surface area contributed by atoms with Gasteiger partial charge in [-0.15, -0.1) is 11.3 Å². The molecule has 4 rings (SSSR count). The summed E-state index contributed by atoms with van der Waals surface area (Å²) < 4.78 is 1.24. The summed E-state index contributed by atoms with van der Waals surface area (Å²) in [5, 5.41) is 40.2. The fourth-order valence-corrected chi connectivity index (χ4v) is 4.05. The summed E-state index contributed by atoms with van der Waals surface area (Å²) in [5.41, 5.74) is 2.97. The highest BCUT2D eigenvalue weighted by Gasteiger charge is 2.27. The largest absolute Gasteiger partial charge is 0.505 e. The zero-order chi connectivity index (χ0) is 22.3. The zero-order valence-electron chi connectivity index (χ0n) is 17.4. The van der Waals surface area contributed by atoms with Crippen molar-refractivity contribution >= 4 is 40.0 Å². The van der Waals surface area contributed by atoms with E-state index in [0.29, 0.717) is 0 Å².